The van der Waals surface area contributed by atoms with Crippen LogP contribution >= 0.6 is 0 Å². The van der Waals surface area contributed by atoms with Gasteiger partial charge in [-0.1, -0.05) is 19.3 Å². The van der Waals surface area contributed by atoms with Crippen LogP contribution in [-0.4, -0.2) is 36.2 Å². The van der Waals surface area contributed by atoms with Gasteiger partial charge >= 0.3 is 17.9 Å². The summed E-state index contributed by atoms with van der Waals surface area (Å²) in [7, 11) is 0. The monoisotopic (exact) mass is 408 g/mol. The van der Waals surface area contributed by atoms with Gasteiger partial charge in [-0.2, -0.15) is 0 Å². The van der Waals surface area contributed by atoms with Crippen LogP contribution in [0.4, 0.5) is 0 Å². The molecule has 29 heavy (non-hydrogen) atoms. The van der Waals surface area contributed by atoms with E-state index in [9.17, 15) is 14.4 Å². The lowest BCUT2D eigenvalue weighted by Gasteiger charge is -2.27. The second-order valence-electron chi connectivity index (χ2n) is 8.90. The Bertz CT molecular complexity index is 510. The first-order valence-corrected chi connectivity index (χ1v) is 11.7. The fraction of sp³-hybridized carbons (Fsp3) is 0.870. The van der Waals surface area contributed by atoms with E-state index in [0.29, 0.717) is 0 Å². The van der Waals surface area contributed by atoms with E-state index in [2.05, 4.69) is 0 Å². The topological polar surface area (TPSA) is 78.9 Å². The Labute approximate surface area is 174 Å². The van der Waals surface area contributed by atoms with Gasteiger partial charge in [0.1, 0.15) is 18.3 Å². The molecule has 3 aliphatic rings. The average Bonchev–Trinajstić information content (AvgIpc) is 2.74. The summed E-state index contributed by atoms with van der Waals surface area (Å²) in [5.41, 5.74) is 0. The minimum absolute atomic E-state index is 0.0966. The number of carbonyl (C=O) groups excluding carboxylic acids is 3. The third kappa shape index (κ3) is 7.31. The molecule has 0 N–H and O–H groups in total. The molecule has 6 nitrogen and oxygen atoms in total. The van der Waals surface area contributed by atoms with E-state index in [0.717, 1.165) is 96.3 Å². The first kappa shape index (κ1) is 22.1. The SMILES string of the molecule is O=C(CC(C(=O)OC1CCCCC1)C(=O)OC1CCCCC1)OC1CCCCC1. The molecule has 0 bridgehead atoms. The molecule has 0 aromatic rings. The van der Waals surface area contributed by atoms with Gasteiger partial charge in [0.2, 0.25) is 0 Å². The van der Waals surface area contributed by atoms with Crippen LogP contribution in [0.15, 0.2) is 0 Å². The molecule has 3 saturated carbocycles. The zero-order valence-electron chi connectivity index (χ0n) is 17.6. The van der Waals surface area contributed by atoms with Crippen LogP contribution in [0, 0.1) is 5.92 Å². The van der Waals surface area contributed by atoms with Crippen molar-refractivity contribution in [2.45, 2.75) is 121 Å². The van der Waals surface area contributed by atoms with Gasteiger partial charge in [-0.15, -0.1) is 0 Å². The normalized spacial score (nSPS) is 22.2. The number of hydrogen-bond donors (Lipinski definition) is 0. The molecule has 0 aromatic heterocycles. The lowest BCUT2D eigenvalue weighted by Crippen LogP contribution is -2.36. The molecule has 0 atom stereocenters. The number of ether oxygens (including phenoxy) is 3. The maximum Gasteiger partial charge on any atom is 0.321 e. The number of carbonyl (C=O) groups is 3. The summed E-state index contributed by atoms with van der Waals surface area (Å²) >= 11 is 0. The Balaban J connectivity index is 1.58. The summed E-state index contributed by atoms with van der Waals surface area (Å²) in [6.45, 7) is 0. The first-order valence-electron chi connectivity index (χ1n) is 11.7. The van der Waals surface area contributed by atoms with Crippen molar-refractivity contribution in [3.8, 4) is 0 Å². The maximum absolute atomic E-state index is 12.8. The Morgan fingerprint density at radius 1 is 0.552 bits per heavy atom. The summed E-state index contributed by atoms with van der Waals surface area (Å²) in [6, 6.07) is 0. The molecule has 3 aliphatic carbocycles. The minimum atomic E-state index is -1.21. The molecule has 0 heterocycles. The highest BCUT2D eigenvalue weighted by atomic mass is 16.6. The highest BCUT2D eigenvalue weighted by Gasteiger charge is 2.36. The average molecular weight is 409 g/mol. The lowest BCUT2D eigenvalue weighted by molar-refractivity contribution is -0.174. The van der Waals surface area contributed by atoms with E-state index in [1.165, 1.54) is 0 Å². The fourth-order valence-electron chi connectivity index (χ4n) is 4.71. The van der Waals surface area contributed by atoms with Crippen molar-refractivity contribution in [3.05, 3.63) is 0 Å². The van der Waals surface area contributed by atoms with E-state index in [1.807, 2.05) is 0 Å². The van der Waals surface area contributed by atoms with E-state index >= 15 is 0 Å². The molecular weight excluding hydrogens is 372 g/mol. The van der Waals surface area contributed by atoms with E-state index in [-0.39, 0.29) is 24.7 Å². The summed E-state index contributed by atoms with van der Waals surface area (Å²) in [5, 5.41) is 0. The van der Waals surface area contributed by atoms with Crippen molar-refractivity contribution >= 4 is 17.9 Å². The molecule has 0 spiro atoms. The van der Waals surface area contributed by atoms with Crippen LogP contribution in [0.1, 0.15) is 103 Å². The molecule has 164 valence electrons. The Morgan fingerprint density at radius 2 is 0.897 bits per heavy atom. The first-order chi connectivity index (χ1) is 14.1. The Kier molecular flexibility index (Phi) is 8.81. The van der Waals surface area contributed by atoms with Gasteiger partial charge in [0.05, 0.1) is 6.42 Å². The summed E-state index contributed by atoms with van der Waals surface area (Å²) in [6.07, 6.45) is 14.0. The van der Waals surface area contributed by atoms with Crippen LogP contribution in [0.25, 0.3) is 0 Å². The maximum atomic E-state index is 12.8. The standard InChI is InChI=1S/C23H36O6/c24-21(27-17-10-4-1-5-11-17)16-20(22(25)28-18-12-6-2-7-13-18)23(26)29-19-14-8-3-9-15-19/h17-20H,1-16H2. The fourth-order valence-corrected chi connectivity index (χ4v) is 4.71. The zero-order valence-corrected chi connectivity index (χ0v) is 17.6. The number of rotatable bonds is 7. The van der Waals surface area contributed by atoms with E-state index in [1.54, 1.807) is 0 Å². The van der Waals surface area contributed by atoms with Gasteiger partial charge in [0.15, 0.2) is 5.92 Å². The molecule has 3 fully saturated rings. The summed E-state index contributed by atoms with van der Waals surface area (Å²) in [4.78, 5) is 38.1. The van der Waals surface area contributed by atoms with Gasteiger partial charge in [0, 0.05) is 0 Å². The lowest BCUT2D eigenvalue weighted by atomic mass is 9.96. The molecule has 0 unspecified atom stereocenters. The smallest absolute Gasteiger partial charge is 0.321 e. The second kappa shape index (κ2) is 11.6. The van der Waals surface area contributed by atoms with Crippen molar-refractivity contribution in [2.75, 3.05) is 0 Å². The molecule has 3 rings (SSSR count). The Morgan fingerprint density at radius 3 is 1.28 bits per heavy atom. The van der Waals surface area contributed by atoms with Gasteiger partial charge in [-0.3, -0.25) is 14.4 Å². The van der Waals surface area contributed by atoms with Gasteiger partial charge < -0.3 is 14.2 Å². The summed E-state index contributed by atoms with van der Waals surface area (Å²) < 4.78 is 16.8. The van der Waals surface area contributed by atoms with Gasteiger partial charge in [-0.05, 0) is 77.0 Å². The van der Waals surface area contributed by atoms with Crippen molar-refractivity contribution in [1.29, 1.82) is 0 Å². The largest absolute Gasteiger partial charge is 0.462 e. The predicted octanol–water partition coefficient (Wildman–Crippen LogP) is 4.62. The van der Waals surface area contributed by atoms with Crippen LogP contribution < -0.4 is 0 Å². The van der Waals surface area contributed by atoms with Crippen molar-refractivity contribution in [3.63, 3.8) is 0 Å². The minimum Gasteiger partial charge on any atom is -0.462 e. The van der Waals surface area contributed by atoms with Crippen LogP contribution in [0.2, 0.25) is 0 Å². The molecule has 0 radical (unpaired) electrons. The Hall–Kier alpha value is -1.59. The van der Waals surface area contributed by atoms with Crippen LogP contribution in [0.5, 0.6) is 0 Å². The quantitative estimate of drug-likeness (QED) is 0.347. The predicted molar refractivity (Wildman–Crippen MR) is 107 cm³/mol. The van der Waals surface area contributed by atoms with Crippen molar-refractivity contribution in [2.24, 2.45) is 5.92 Å². The van der Waals surface area contributed by atoms with E-state index < -0.39 is 23.8 Å². The molecule has 0 aromatic carbocycles. The van der Waals surface area contributed by atoms with Gasteiger partial charge in [-0.25, -0.2) is 0 Å². The van der Waals surface area contributed by atoms with Gasteiger partial charge in [0.25, 0.3) is 0 Å². The zero-order chi connectivity index (χ0) is 20.5. The highest BCUT2D eigenvalue weighted by molar-refractivity contribution is 5.98. The van der Waals surface area contributed by atoms with Crippen LogP contribution in [0.3, 0.4) is 0 Å². The summed E-state index contributed by atoms with van der Waals surface area (Å²) in [5.74, 6) is -2.96. The molecule has 0 amide bonds. The third-order valence-corrected chi connectivity index (χ3v) is 6.46. The second-order valence-corrected chi connectivity index (χ2v) is 8.90. The molecule has 0 saturated heterocycles. The van der Waals surface area contributed by atoms with Crippen LogP contribution in [-0.2, 0) is 28.6 Å². The number of hydrogen-bond acceptors (Lipinski definition) is 6. The molecule has 6 heteroatoms. The van der Waals surface area contributed by atoms with Crippen molar-refractivity contribution in [1.82, 2.24) is 0 Å². The molecule has 0 aliphatic heterocycles. The van der Waals surface area contributed by atoms with E-state index in [4.69, 9.17) is 14.2 Å². The third-order valence-electron chi connectivity index (χ3n) is 6.46. The van der Waals surface area contributed by atoms with Crippen molar-refractivity contribution < 1.29 is 28.6 Å². The number of esters is 3. The highest BCUT2D eigenvalue weighted by Crippen LogP contribution is 2.26. The molecular formula is C23H36O6.